The van der Waals surface area contributed by atoms with Gasteiger partial charge in [0, 0.05) is 0 Å². The fraction of sp³-hybridized carbons (Fsp3) is 0.556. The molecule has 30 heavy (non-hydrogen) atoms. The Morgan fingerprint density at radius 1 is 0.667 bits per heavy atom. The summed E-state index contributed by atoms with van der Waals surface area (Å²) in [5.74, 6) is 1.52. The number of unbranched alkanes of at least 4 members (excludes halogenated alkanes) is 4. The van der Waals surface area contributed by atoms with Crippen molar-refractivity contribution in [2.24, 2.45) is 0 Å². The van der Waals surface area contributed by atoms with Gasteiger partial charge in [-0.2, -0.15) is 0 Å². The molecule has 2 rings (SSSR count). The van der Waals surface area contributed by atoms with E-state index in [2.05, 4.69) is 32.9 Å². The lowest BCUT2D eigenvalue weighted by molar-refractivity contribution is 0.306. The van der Waals surface area contributed by atoms with Crippen molar-refractivity contribution in [1.29, 1.82) is 0 Å². The molecule has 2 nitrogen and oxygen atoms in total. The van der Waals surface area contributed by atoms with Crippen LogP contribution in [0.5, 0.6) is 11.5 Å². The number of hydrogen-bond acceptors (Lipinski definition) is 2. The van der Waals surface area contributed by atoms with Gasteiger partial charge in [0.05, 0.1) is 13.2 Å². The Hall–Kier alpha value is -2.03. The van der Waals surface area contributed by atoms with Crippen LogP contribution in [0.25, 0.3) is 0 Å². The van der Waals surface area contributed by atoms with E-state index in [1.54, 1.807) is 12.1 Å². The van der Waals surface area contributed by atoms with Crippen molar-refractivity contribution in [2.75, 3.05) is 13.2 Å². The van der Waals surface area contributed by atoms with E-state index in [1.165, 1.54) is 43.4 Å². The normalized spacial score (nSPS) is 9.07. The molecule has 0 unspecified atom stereocenters. The van der Waals surface area contributed by atoms with Gasteiger partial charge in [0.2, 0.25) is 0 Å². The molecule has 0 saturated heterocycles. The number of aryl methyl sites for hydroxylation is 1. The highest BCUT2D eigenvalue weighted by Gasteiger charge is 1.94. The highest BCUT2D eigenvalue weighted by Crippen LogP contribution is 2.13. The smallest absolute Gasteiger partial charge is 0.123 e. The minimum atomic E-state index is -0.221. The summed E-state index contributed by atoms with van der Waals surface area (Å²) >= 11 is 0. The molecule has 3 heteroatoms. The van der Waals surface area contributed by atoms with Crippen molar-refractivity contribution in [3.63, 3.8) is 0 Å². The summed E-state index contributed by atoms with van der Waals surface area (Å²) in [6.45, 7) is 16.0. The average molecular weight is 421 g/mol. The van der Waals surface area contributed by atoms with Gasteiger partial charge in [-0.05, 0) is 61.7 Å². The first-order valence-electron chi connectivity index (χ1n) is 11.7. The van der Waals surface area contributed by atoms with E-state index < -0.39 is 0 Å². The van der Waals surface area contributed by atoms with Gasteiger partial charge in [0.1, 0.15) is 17.3 Å². The Balaban J connectivity index is 0. The summed E-state index contributed by atoms with van der Waals surface area (Å²) in [6.07, 6.45) is 7.09. The zero-order chi connectivity index (χ0) is 23.0. The molecule has 2 aromatic rings. The number of rotatable bonds is 10. The highest BCUT2D eigenvalue weighted by molar-refractivity contribution is 5.27. The van der Waals surface area contributed by atoms with E-state index in [0.29, 0.717) is 0 Å². The lowest BCUT2D eigenvalue weighted by Gasteiger charge is -2.05. The average Bonchev–Trinajstić information content (AvgIpc) is 2.79. The van der Waals surface area contributed by atoms with Crippen LogP contribution in [-0.2, 0) is 0 Å². The van der Waals surface area contributed by atoms with Gasteiger partial charge < -0.3 is 9.47 Å². The summed E-state index contributed by atoms with van der Waals surface area (Å²) in [7, 11) is 0. The van der Waals surface area contributed by atoms with E-state index >= 15 is 0 Å². The van der Waals surface area contributed by atoms with Crippen LogP contribution in [-0.4, -0.2) is 13.2 Å². The van der Waals surface area contributed by atoms with E-state index in [0.717, 1.165) is 37.6 Å². The monoisotopic (exact) mass is 420 g/mol. The van der Waals surface area contributed by atoms with Crippen molar-refractivity contribution in [3.8, 4) is 11.5 Å². The van der Waals surface area contributed by atoms with Crippen LogP contribution in [0.3, 0.4) is 0 Å². The Labute approximate surface area is 185 Å². The van der Waals surface area contributed by atoms with Crippen LogP contribution in [0.4, 0.5) is 4.39 Å². The maximum absolute atomic E-state index is 12.5. The molecule has 0 fully saturated rings. The maximum atomic E-state index is 12.5. The number of hydrogen-bond donors (Lipinski definition) is 0. The molecule has 0 atom stereocenters. The van der Waals surface area contributed by atoms with Gasteiger partial charge in [-0.25, -0.2) is 4.39 Å². The van der Waals surface area contributed by atoms with Crippen LogP contribution in [0.1, 0.15) is 85.6 Å². The molecule has 0 heterocycles. The quantitative estimate of drug-likeness (QED) is 0.357. The Morgan fingerprint density at radius 2 is 1.17 bits per heavy atom. The first kappa shape index (κ1) is 30.2. The standard InChI is InChI=1S/C12H18O.C11H15FO.2C2H6/c1-3-4-5-9-13-12-8-6-7-11(2)10-12;1-2-3-4-9-13-11-7-5-10(12)6-8-11;2*1-2/h6-8,10H,3-5,9H2,1-2H3;5-8H,2-4,9H2,1H3;2*1-2H3. The van der Waals surface area contributed by atoms with Gasteiger partial charge in [0.25, 0.3) is 0 Å². The van der Waals surface area contributed by atoms with Gasteiger partial charge in [-0.3, -0.25) is 0 Å². The fourth-order valence-corrected chi connectivity index (χ4v) is 2.32. The summed E-state index contributed by atoms with van der Waals surface area (Å²) in [6, 6.07) is 14.3. The van der Waals surface area contributed by atoms with Crippen molar-refractivity contribution < 1.29 is 13.9 Å². The van der Waals surface area contributed by atoms with Crippen molar-refractivity contribution in [2.45, 2.75) is 87.0 Å². The molecule has 0 aliphatic carbocycles. The second-order valence-electron chi connectivity index (χ2n) is 6.38. The number of halogens is 1. The van der Waals surface area contributed by atoms with Crippen LogP contribution in [0.2, 0.25) is 0 Å². The molecule has 0 saturated carbocycles. The highest BCUT2D eigenvalue weighted by atomic mass is 19.1. The van der Waals surface area contributed by atoms with Crippen LogP contribution < -0.4 is 9.47 Å². The molecule has 0 bridgehead atoms. The van der Waals surface area contributed by atoms with Gasteiger partial charge in [-0.15, -0.1) is 0 Å². The molecule has 0 amide bonds. The third kappa shape index (κ3) is 18.0. The minimum Gasteiger partial charge on any atom is -0.494 e. The molecule has 2 aromatic carbocycles. The van der Waals surface area contributed by atoms with Gasteiger partial charge >= 0.3 is 0 Å². The van der Waals surface area contributed by atoms with Gasteiger partial charge in [0.15, 0.2) is 0 Å². The first-order chi connectivity index (χ1) is 14.7. The largest absolute Gasteiger partial charge is 0.494 e. The maximum Gasteiger partial charge on any atom is 0.123 e. The molecule has 0 radical (unpaired) electrons. The van der Waals surface area contributed by atoms with Crippen molar-refractivity contribution in [3.05, 3.63) is 59.9 Å². The zero-order valence-corrected chi connectivity index (χ0v) is 20.5. The number of ether oxygens (including phenoxy) is 2. The summed E-state index contributed by atoms with van der Waals surface area (Å²) in [4.78, 5) is 0. The predicted octanol–water partition coefficient (Wildman–Crippen LogP) is 9.01. The molecule has 0 spiro atoms. The van der Waals surface area contributed by atoms with Crippen LogP contribution >= 0.6 is 0 Å². The first-order valence-corrected chi connectivity index (χ1v) is 11.7. The lowest BCUT2D eigenvalue weighted by atomic mass is 10.2. The van der Waals surface area contributed by atoms with E-state index in [-0.39, 0.29) is 5.82 Å². The number of benzene rings is 2. The topological polar surface area (TPSA) is 18.5 Å². The Bertz CT molecular complexity index is 582. The molecule has 172 valence electrons. The second kappa shape index (κ2) is 23.3. The molecular formula is C27H45FO2. The Kier molecular flexibility index (Phi) is 23.4. The van der Waals surface area contributed by atoms with Crippen LogP contribution in [0, 0.1) is 12.7 Å². The second-order valence-corrected chi connectivity index (χ2v) is 6.38. The summed E-state index contributed by atoms with van der Waals surface area (Å²) < 4.78 is 23.5. The fourth-order valence-electron chi connectivity index (χ4n) is 2.32. The summed E-state index contributed by atoms with van der Waals surface area (Å²) in [5.41, 5.74) is 1.26. The van der Waals surface area contributed by atoms with E-state index in [1.807, 2.05) is 39.8 Å². The Morgan fingerprint density at radius 3 is 1.63 bits per heavy atom. The van der Waals surface area contributed by atoms with E-state index in [4.69, 9.17) is 9.47 Å². The molecule has 0 aliphatic rings. The van der Waals surface area contributed by atoms with Crippen LogP contribution in [0.15, 0.2) is 48.5 Å². The van der Waals surface area contributed by atoms with Crippen molar-refractivity contribution >= 4 is 0 Å². The molecule has 0 N–H and O–H groups in total. The SMILES string of the molecule is CC.CC.CCCCCOc1ccc(F)cc1.CCCCCOc1cccc(C)c1. The third-order valence-electron chi connectivity index (χ3n) is 3.84. The lowest BCUT2D eigenvalue weighted by Crippen LogP contribution is -1.96. The third-order valence-corrected chi connectivity index (χ3v) is 3.84. The summed E-state index contributed by atoms with van der Waals surface area (Å²) in [5, 5.41) is 0. The van der Waals surface area contributed by atoms with Crippen molar-refractivity contribution in [1.82, 2.24) is 0 Å². The van der Waals surface area contributed by atoms with Gasteiger partial charge in [-0.1, -0.05) is 79.4 Å². The van der Waals surface area contributed by atoms with E-state index in [9.17, 15) is 4.39 Å². The minimum absolute atomic E-state index is 0.221. The molecule has 0 aromatic heterocycles. The molecular weight excluding hydrogens is 375 g/mol. The predicted molar refractivity (Wildman–Crippen MR) is 130 cm³/mol. The zero-order valence-electron chi connectivity index (χ0n) is 20.5. The molecule has 0 aliphatic heterocycles.